The third kappa shape index (κ3) is 4.89. The first-order valence-electron chi connectivity index (χ1n) is 6.35. The van der Waals surface area contributed by atoms with Gasteiger partial charge < -0.3 is 5.73 Å². The van der Waals surface area contributed by atoms with Crippen molar-refractivity contribution >= 4 is 20.2 Å². The largest absolute Gasteiger partial charge is 0.399 e. The minimum absolute atomic E-state index is 0.840. The van der Waals surface area contributed by atoms with E-state index in [1.165, 1.54) is 16.4 Å². The van der Waals surface area contributed by atoms with Crippen molar-refractivity contribution in [2.75, 3.05) is 5.73 Å². The Kier molecular flexibility index (Phi) is 6.46. The summed E-state index contributed by atoms with van der Waals surface area (Å²) < 4.78 is 0. The zero-order valence-corrected chi connectivity index (χ0v) is 12.3. The normalized spacial score (nSPS) is 9.50. The second-order valence-corrected chi connectivity index (χ2v) is 4.77. The summed E-state index contributed by atoms with van der Waals surface area (Å²) >= 11 is 0. The lowest BCUT2D eigenvalue weighted by atomic mass is 10.2. The molecule has 1 nitrogen and oxygen atoms in total. The van der Waals surface area contributed by atoms with Gasteiger partial charge >= 0.3 is 0 Å². The number of hydrogen-bond donors (Lipinski definition) is 1. The Labute approximate surface area is 113 Å². The summed E-state index contributed by atoms with van der Waals surface area (Å²) in [5.41, 5.74) is 9.08. The highest BCUT2D eigenvalue weighted by atomic mass is 31.0. The first-order valence-corrected chi connectivity index (χ1v) is 6.92. The average Bonchev–Trinajstić information content (AvgIpc) is 2.41. The van der Waals surface area contributed by atoms with E-state index >= 15 is 0 Å². The zero-order valence-electron chi connectivity index (χ0n) is 11.2. The van der Waals surface area contributed by atoms with E-state index in [1.54, 1.807) is 0 Å². The molecule has 0 fully saturated rings. The van der Waals surface area contributed by atoms with Crippen molar-refractivity contribution in [1.29, 1.82) is 0 Å². The summed E-state index contributed by atoms with van der Waals surface area (Å²) in [6.07, 6.45) is 2.21. The molecule has 2 heteroatoms. The fourth-order valence-electron chi connectivity index (χ4n) is 1.61. The highest BCUT2D eigenvalue weighted by molar-refractivity contribution is 7.27. The van der Waals surface area contributed by atoms with Crippen LogP contribution in [0.4, 0.5) is 5.69 Å². The lowest BCUT2D eigenvalue weighted by molar-refractivity contribution is 1.14. The molecule has 0 saturated heterocycles. The van der Waals surface area contributed by atoms with Crippen LogP contribution in [0, 0.1) is 0 Å². The first kappa shape index (κ1) is 14.7. The summed E-state index contributed by atoms with van der Waals surface area (Å²) in [6, 6.07) is 16.4. The molecule has 0 aliphatic heterocycles. The molecule has 0 saturated carbocycles. The van der Waals surface area contributed by atoms with Gasteiger partial charge in [0, 0.05) is 5.69 Å². The number of benzene rings is 2. The Morgan fingerprint density at radius 1 is 0.889 bits per heavy atom. The molecule has 0 spiro atoms. The van der Waals surface area contributed by atoms with Gasteiger partial charge in [0.1, 0.15) is 0 Å². The van der Waals surface area contributed by atoms with Crippen molar-refractivity contribution in [1.82, 2.24) is 0 Å². The van der Waals surface area contributed by atoms with E-state index in [2.05, 4.69) is 59.5 Å². The van der Waals surface area contributed by atoms with Crippen molar-refractivity contribution in [2.24, 2.45) is 0 Å². The van der Waals surface area contributed by atoms with Crippen molar-refractivity contribution in [3.05, 3.63) is 59.7 Å². The molecule has 0 radical (unpaired) electrons. The van der Waals surface area contributed by atoms with Crippen LogP contribution in [0.5, 0.6) is 0 Å². The molecule has 0 aromatic heterocycles. The molecule has 2 rings (SSSR count). The van der Waals surface area contributed by atoms with Crippen molar-refractivity contribution in [3.63, 3.8) is 0 Å². The van der Waals surface area contributed by atoms with Crippen LogP contribution in [0.1, 0.15) is 25.0 Å². The van der Waals surface area contributed by atoms with E-state index < -0.39 is 0 Å². The van der Waals surface area contributed by atoms with Gasteiger partial charge in [-0.25, -0.2) is 0 Å². The van der Waals surface area contributed by atoms with Crippen LogP contribution in [-0.4, -0.2) is 0 Å². The van der Waals surface area contributed by atoms with Gasteiger partial charge in [-0.1, -0.05) is 50.2 Å². The third-order valence-corrected chi connectivity index (χ3v) is 3.39. The molecule has 2 N–H and O–H groups in total. The Balaban J connectivity index is 0.000000180. The molecular formula is C16H22NP. The lowest BCUT2D eigenvalue weighted by Crippen LogP contribution is -1.97. The Hall–Kier alpha value is -1.33. The van der Waals surface area contributed by atoms with Crippen molar-refractivity contribution < 1.29 is 0 Å². The number of rotatable bonds is 2. The Morgan fingerprint density at radius 2 is 1.50 bits per heavy atom. The average molecular weight is 259 g/mol. The van der Waals surface area contributed by atoms with Gasteiger partial charge in [0.15, 0.2) is 0 Å². The van der Waals surface area contributed by atoms with Crippen LogP contribution >= 0.6 is 9.24 Å². The summed E-state index contributed by atoms with van der Waals surface area (Å²) in [5.74, 6) is 0. The molecule has 96 valence electrons. The molecule has 0 bridgehead atoms. The third-order valence-electron chi connectivity index (χ3n) is 2.82. The second-order valence-electron chi connectivity index (χ2n) is 4.15. The standard InChI is InChI=1S/C8H11N.C8H11P/c1-2-7-3-5-8(9)6-4-7;1-2-7-5-3-4-6-8(7)9/h2*3-6H,2,9H2,1H3. The Morgan fingerprint density at radius 3 is 1.94 bits per heavy atom. The van der Waals surface area contributed by atoms with Crippen LogP contribution in [0.3, 0.4) is 0 Å². The van der Waals surface area contributed by atoms with E-state index in [9.17, 15) is 0 Å². The highest BCUT2D eigenvalue weighted by Crippen LogP contribution is 2.04. The maximum atomic E-state index is 5.48. The summed E-state index contributed by atoms with van der Waals surface area (Å²) in [7, 11) is 2.73. The van der Waals surface area contributed by atoms with Gasteiger partial charge in [-0.2, -0.15) is 0 Å². The van der Waals surface area contributed by atoms with E-state index in [4.69, 9.17) is 5.73 Å². The van der Waals surface area contributed by atoms with Crippen LogP contribution in [-0.2, 0) is 12.8 Å². The molecule has 0 amide bonds. The summed E-state index contributed by atoms with van der Waals surface area (Å²) in [4.78, 5) is 0. The van der Waals surface area contributed by atoms with Crippen LogP contribution in [0.25, 0.3) is 0 Å². The van der Waals surface area contributed by atoms with Gasteiger partial charge in [0.05, 0.1) is 0 Å². The van der Waals surface area contributed by atoms with Gasteiger partial charge in [-0.15, -0.1) is 9.24 Å². The fourth-order valence-corrected chi connectivity index (χ4v) is 2.02. The van der Waals surface area contributed by atoms with Crippen LogP contribution < -0.4 is 11.0 Å². The molecule has 2 aromatic carbocycles. The van der Waals surface area contributed by atoms with Crippen LogP contribution in [0.2, 0.25) is 0 Å². The topological polar surface area (TPSA) is 26.0 Å². The number of aryl methyl sites for hydroxylation is 2. The van der Waals surface area contributed by atoms with E-state index in [0.29, 0.717) is 0 Å². The van der Waals surface area contributed by atoms with Gasteiger partial charge in [-0.3, -0.25) is 0 Å². The zero-order chi connectivity index (χ0) is 13.4. The molecule has 0 heterocycles. The number of hydrogen-bond acceptors (Lipinski definition) is 1. The van der Waals surface area contributed by atoms with Crippen LogP contribution in [0.15, 0.2) is 48.5 Å². The minimum Gasteiger partial charge on any atom is -0.399 e. The number of nitrogens with two attached hydrogens (primary N) is 1. The van der Waals surface area contributed by atoms with E-state index in [0.717, 1.165) is 18.5 Å². The number of anilines is 1. The SMILES string of the molecule is CCc1ccc(N)cc1.CCc1ccccc1P. The predicted molar refractivity (Wildman–Crippen MR) is 85.4 cm³/mol. The molecule has 1 atom stereocenters. The molecule has 1 unspecified atom stereocenters. The second kappa shape index (κ2) is 7.89. The summed E-state index contributed by atoms with van der Waals surface area (Å²) in [5, 5.41) is 1.32. The Bertz CT molecular complexity index is 463. The lowest BCUT2D eigenvalue weighted by Gasteiger charge is -1.98. The monoisotopic (exact) mass is 259 g/mol. The molecular weight excluding hydrogens is 237 g/mol. The maximum Gasteiger partial charge on any atom is 0.0314 e. The minimum atomic E-state index is 0.840. The quantitative estimate of drug-likeness (QED) is 0.647. The smallest absolute Gasteiger partial charge is 0.0314 e. The molecule has 2 aromatic rings. The molecule has 0 aliphatic carbocycles. The van der Waals surface area contributed by atoms with Gasteiger partial charge in [0.25, 0.3) is 0 Å². The first-order chi connectivity index (χ1) is 8.67. The van der Waals surface area contributed by atoms with Crippen molar-refractivity contribution in [3.8, 4) is 0 Å². The molecule has 0 aliphatic rings. The molecule has 18 heavy (non-hydrogen) atoms. The maximum absolute atomic E-state index is 5.48. The predicted octanol–water partition coefficient (Wildman–Crippen LogP) is 3.58. The van der Waals surface area contributed by atoms with E-state index in [1.807, 2.05) is 12.1 Å². The van der Waals surface area contributed by atoms with Gasteiger partial charge in [0.2, 0.25) is 0 Å². The van der Waals surface area contributed by atoms with E-state index in [-0.39, 0.29) is 0 Å². The van der Waals surface area contributed by atoms with Crippen molar-refractivity contribution in [2.45, 2.75) is 26.7 Å². The highest BCUT2D eigenvalue weighted by Gasteiger charge is 1.89. The van der Waals surface area contributed by atoms with Gasteiger partial charge in [-0.05, 0) is 41.4 Å². The number of nitrogen functional groups attached to an aromatic ring is 1. The fraction of sp³-hybridized carbons (Fsp3) is 0.250. The summed E-state index contributed by atoms with van der Waals surface area (Å²) in [6.45, 7) is 4.30.